The van der Waals surface area contributed by atoms with Gasteiger partial charge in [-0.3, -0.25) is 9.59 Å². The van der Waals surface area contributed by atoms with Crippen LogP contribution in [0.4, 0.5) is 0 Å². The summed E-state index contributed by atoms with van der Waals surface area (Å²) in [7, 11) is 0.570. The van der Waals surface area contributed by atoms with Gasteiger partial charge in [-0.2, -0.15) is 0 Å². The second-order valence-electron chi connectivity index (χ2n) is 1.51. The van der Waals surface area contributed by atoms with E-state index in [-0.39, 0.29) is 5.78 Å². The molecule has 3 heteroatoms. The molecule has 0 saturated carbocycles. The summed E-state index contributed by atoms with van der Waals surface area (Å²) in [6, 6.07) is 0. The lowest BCUT2D eigenvalue weighted by molar-refractivity contribution is -0.110. The van der Waals surface area contributed by atoms with E-state index in [1.54, 1.807) is 0 Å². The lowest BCUT2D eigenvalue weighted by atomic mass is 10.3. The molecule has 0 atom stereocenters. The van der Waals surface area contributed by atoms with Gasteiger partial charge in [-0.05, 0) is 17.3 Å². The molecule has 2 nitrogen and oxygen atoms in total. The quantitative estimate of drug-likeness (QED) is 0.375. The second kappa shape index (κ2) is 3.97. The zero-order valence-corrected chi connectivity index (χ0v) is 7.18. The van der Waals surface area contributed by atoms with E-state index < -0.39 is 0 Å². The van der Waals surface area contributed by atoms with Crippen molar-refractivity contribution < 1.29 is 9.59 Å². The molecule has 0 unspecified atom stereocenters. The summed E-state index contributed by atoms with van der Waals surface area (Å²) in [6.45, 7) is 3.27. The SMILES string of the molecule is C=CC(=O)C([SiH3])=C[C]=O. The highest BCUT2D eigenvalue weighted by Crippen LogP contribution is 1.87. The number of hydrogen-bond acceptors (Lipinski definition) is 2. The molecule has 0 amide bonds. The average Bonchev–Trinajstić information content (AvgIpc) is 1.87. The van der Waals surface area contributed by atoms with Crippen LogP contribution in [-0.2, 0) is 9.59 Å². The highest BCUT2D eigenvalue weighted by atomic mass is 28.1. The van der Waals surface area contributed by atoms with Crippen molar-refractivity contribution >= 4 is 22.3 Å². The lowest BCUT2D eigenvalue weighted by Gasteiger charge is -1.86. The first-order valence-corrected chi connectivity index (χ1v) is 3.43. The molecule has 0 bridgehead atoms. The van der Waals surface area contributed by atoms with Crippen LogP contribution in [0.3, 0.4) is 0 Å². The molecule has 0 spiro atoms. The van der Waals surface area contributed by atoms with E-state index in [1.165, 1.54) is 12.4 Å². The number of rotatable bonds is 3. The molecular formula is C6H7O2Si. The van der Waals surface area contributed by atoms with Crippen LogP contribution in [0.15, 0.2) is 23.9 Å². The molecular weight excluding hydrogens is 132 g/mol. The summed E-state index contributed by atoms with van der Waals surface area (Å²) in [6.07, 6.45) is 3.88. The third kappa shape index (κ3) is 2.76. The highest BCUT2D eigenvalue weighted by Gasteiger charge is 1.94. The topological polar surface area (TPSA) is 34.1 Å². The van der Waals surface area contributed by atoms with Crippen molar-refractivity contribution in [3.8, 4) is 0 Å². The van der Waals surface area contributed by atoms with E-state index in [0.29, 0.717) is 15.4 Å². The van der Waals surface area contributed by atoms with Crippen LogP contribution < -0.4 is 0 Å². The van der Waals surface area contributed by atoms with Crippen LogP contribution >= 0.6 is 0 Å². The maximum Gasteiger partial charge on any atom is 0.225 e. The van der Waals surface area contributed by atoms with Crippen LogP contribution in [0.25, 0.3) is 0 Å². The van der Waals surface area contributed by atoms with Gasteiger partial charge in [-0.15, -0.1) is 0 Å². The van der Waals surface area contributed by atoms with E-state index >= 15 is 0 Å². The molecule has 0 heterocycles. The van der Waals surface area contributed by atoms with Crippen LogP contribution in [0.1, 0.15) is 0 Å². The van der Waals surface area contributed by atoms with Crippen LogP contribution in [0.2, 0.25) is 0 Å². The molecule has 0 fully saturated rings. The maximum atomic E-state index is 10.6. The predicted octanol–water partition coefficient (Wildman–Crippen LogP) is -0.899. The zero-order valence-electron chi connectivity index (χ0n) is 5.18. The molecule has 0 rings (SSSR count). The number of ketones is 1. The van der Waals surface area contributed by atoms with Gasteiger partial charge in [-0.1, -0.05) is 6.58 Å². The van der Waals surface area contributed by atoms with Crippen molar-refractivity contribution in [3.63, 3.8) is 0 Å². The van der Waals surface area contributed by atoms with Gasteiger partial charge in [-0.25, -0.2) is 0 Å². The number of carbonyl (C=O) groups is 1. The van der Waals surface area contributed by atoms with Gasteiger partial charge >= 0.3 is 0 Å². The van der Waals surface area contributed by atoms with E-state index in [1.807, 2.05) is 0 Å². The van der Waals surface area contributed by atoms with Gasteiger partial charge < -0.3 is 0 Å². The van der Waals surface area contributed by atoms with E-state index in [0.717, 1.165) is 6.08 Å². The minimum atomic E-state index is -0.176. The van der Waals surface area contributed by atoms with Crippen molar-refractivity contribution in [2.24, 2.45) is 0 Å². The molecule has 9 heavy (non-hydrogen) atoms. The molecule has 0 aromatic carbocycles. The molecule has 0 saturated heterocycles. The minimum absolute atomic E-state index is 0.176. The summed E-state index contributed by atoms with van der Waals surface area (Å²) in [5.41, 5.74) is 0. The Bertz CT molecular complexity index is 170. The molecule has 0 aliphatic heterocycles. The maximum absolute atomic E-state index is 10.6. The fourth-order valence-electron chi connectivity index (χ4n) is 0.321. The van der Waals surface area contributed by atoms with Gasteiger partial charge in [0.1, 0.15) is 0 Å². The van der Waals surface area contributed by atoms with Crippen molar-refractivity contribution in [1.82, 2.24) is 0 Å². The normalized spacial score (nSPS) is 10.9. The first-order valence-electron chi connectivity index (χ1n) is 2.43. The van der Waals surface area contributed by atoms with Crippen LogP contribution in [0.5, 0.6) is 0 Å². The number of carbonyl (C=O) groups excluding carboxylic acids is 2. The molecule has 47 valence electrons. The Labute approximate surface area is 56.7 Å². The Hall–Kier alpha value is -0.963. The predicted molar refractivity (Wildman–Crippen MR) is 38.9 cm³/mol. The largest absolute Gasteiger partial charge is 0.290 e. The van der Waals surface area contributed by atoms with Crippen molar-refractivity contribution in [3.05, 3.63) is 23.9 Å². The monoisotopic (exact) mass is 139 g/mol. The Morgan fingerprint density at radius 1 is 1.67 bits per heavy atom. The minimum Gasteiger partial charge on any atom is -0.290 e. The summed E-state index contributed by atoms with van der Waals surface area (Å²) < 4.78 is 0. The average molecular weight is 139 g/mol. The van der Waals surface area contributed by atoms with Crippen molar-refractivity contribution in [2.45, 2.75) is 0 Å². The zero-order chi connectivity index (χ0) is 7.28. The molecule has 0 aromatic heterocycles. The van der Waals surface area contributed by atoms with Crippen LogP contribution in [-0.4, -0.2) is 22.3 Å². The number of hydrogen-bond donors (Lipinski definition) is 0. The summed E-state index contributed by atoms with van der Waals surface area (Å²) in [5.74, 6) is -0.176. The Morgan fingerprint density at radius 2 is 2.22 bits per heavy atom. The second-order valence-corrected chi connectivity index (χ2v) is 2.59. The third-order valence-electron chi connectivity index (χ3n) is 0.849. The molecule has 0 N–H and O–H groups in total. The molecule has 1 radical (unpaired) electrons. The van der Waals surface area contributed by atoms with Crippen LogP contribution in [0, 0.1) is 0 Å². The van der Waals surface area contributed by atoms with Gasteiger partial charge in [0.05, 0.1) is 0 Å². The third-order valence-corrected chi connectivity index (χ3v) is 1.63. The first kappa shape index (κ1) is 8.04. The van der Waals surface area contributed by atoms with E-state index in [9.17, 15) is 9.59 Å². The van der Waals surface area contributed by atoms with E-state index in [4.69, 9.17) is 0 Å². The van der Waals surface area contributed by atoms with Gasteiger partial charge in [0.2, 0.25) is 6.29 Å². The molecule has 0 aliphatic rings. The van der Waals surface area contributed by atoms with Gasteiger partial charge in [0.25, 0.3) is 0 Å². The highest BCUT2D eigenvalue weighted by molar-refractivity contribution is 6.39. The first-order chi connectivity index (χ1) is 4.22. The summed E-state index contributed by atoms with van der Waals surface area (Å²) >= 11 is 0. The molecule has 0 aromatic rings. The summed E-state index contributed by atoms with van der Waals surface area (Å²) in [5, 5.41) is 0.500. The van der Waals surface area contributed by atoms with Gasteiger partial charge in [0.15, 0.2) is 5.78 Å². The smallest absolute Gasteiger partial charge is 0.225 e. The van der Waals surface area contributed by atoms with Crippen molar-refractivity contribution in [1.29, 1.82) is 0 Å². The fourth-order valence-corrected chi connectivity index (χ4v) is 0.642. The standard InChI is InChI=1S/C6H7O2Si/c1-2-5(8)6(9)3-4-7/h2-3H,1H2,9H3. The summed E-state index contributed by atoms with van der Waals surface area (Å²) in [4.78, 5) is 20.2. The van der Waals surface area contributed by atoms with Crippen molar-refractivity contribution in [2.75, 3.05) is 0 Å². The Kier molecular flexibility index (Phi) is 3.55. The number of allylic oxidation sites excluding steroid dienone is 3. The molecule has 0 aliphatic carbocycles. The Morgan fingerprint density at radius 3 is 2.56 bits per heavy atom. The lowest BCUT2D eigenvalue weighted by Crippen LogP contribution is -1.96. The van der Waals surface area contributed by atoms with Gasteiger partial charge in [0, 0.05) is 10.2 Å². The van der Waals surface area contributed by atoms with E-state index in [2.05, 4.69) is 6.58 Å². The Balaban J connectivity index is 4.18. The fraction of sp³-hybridized carbons (Fsp3) is 0.